The third kappa shape index (κ3) is 4.86. The van der Waals surface area contributed by atoms with E-state index < -0.39 is 11.3 Å². The number of carbonyl (C=O) groups is 1. The number of amides is 1. The number of ether oxygens (including phenoxy) is 1. The van der Waals surface area contributed by atoms with Gasteiger partial charge >= 0.3 is 11.3 Å². The van der Waals surface area contributed by atoms with Gasteiger partial charge in [0.2, 0.25) is 11.7 Å². The lowest BCUT2D eigenvalue weighted by Gasteiger charge is -2.03. The normalized spacial score (nSPS) is 11.6. The van der Waals surface area contributed by atoms with E-state index in [0.717, 1.165) is 5.56 Å². The molecule has 3 aromatic rings. The Morgan fingerprint density at radius 2 is 2.11 bits per heavy atom. The van der Waals surface area contributed by atoms with Crippen LogP contribution in [0, 0.1) is 0 Å². The van der Waals surface area contributed by atoms with Crippen LogP contribution < -0.4 is 5.32 Å². The number of aromatic nitrogens is 4. The Balaban J connectivity index is 1.65. The second kappa shape index (κ2) is 7.80. The third-order valence-corrected chi connectivity index (χ3v) is 3.58. The Kier molecular flexibility index (Phi) is 5.47. The van der Waals surface area contributed by atoms with Gasteiger partial charge in [0.1, 0.15) is 6.61 Å². The molecule has 0 aliphatic heterocycles. The first-order valence-electron chi connectivity index (χ1n) is 7.66. The molecule has 1 aromatic carbocycles. The zero-order valence-corrected chi connectivity index (χ0v) is 14.8. The molecule has 0 radical (unpaired) electrons. The zero-order valence-electron chi connectivity index (χ0n) is 14.0. The Morgan fingerprint density at radius 3 is 2.74 bits per heavy atom. The number of benzene rings is 1. The van der Waals surface area contributed by atoms with Crippen LogP contribution >= 0.6 is 11.6 Å². The molecule has 142 valence electrons. The largest absolute Gasteiger partial charge is 0.400 e. The molecular formula is C16H14ClF2N5O3. The van der Waals surface area contributed by atoms with E-state index in [2.05, 4.69) is 25.1 Å². The van der Waals surface area contributed by atoms with E-state index in [4.69, 9.17) is 16.3 Å². The predicted molar refractivity (Wildman–Crippen MR) is 91.3 cm³/mol. The van der Waals surface area contributed by atoms with Crippen LogP contribution in [0.1, 0.15) is 11.5 Å². The number of methoxy groups -OCH3 is 1. The molecule has 27 heavy (non-hydrogen) atoms. The quantitative estimate of drug-likeness (QED) is 0.616. The molecule has 0 saturated carbocycles. The molecule has 1 N–H and O–H groups in total. The molecule has 0 bridgehead atoms. The van der Waals surface area contributed by atoms with Crippen LogP contribution in [-0.4, -0.2) is 39.5 Å². The Morgan fingerprint density at radius 1 is 1.37 bits per heavy atom. The summed E-state index contributed by atoms with van der Waals surface area (Å²) in [6.45, 7) is 0.401. The minimum Gasteiger partial charge on any atom is -0.375 e. The van der Waals surface area contributed by atoms with Crippen molar-refractivity contribution in [2.45, 2.75) is 11.9 Å². The SMILES string of the molecule is COCC(=O)Nc1cnn(Cc2ccc(-c3noc(C(F)(F)Cl)n3)cc2)c1. The van der Waals surface area contributed by atoms with Crippen molar-refractivity contribution in [3.8, 4) is 11.4 Å². The average Bonchev–Trinajstić information content (AvgIpc) is 3.25. The monoisotopic (exact) mass is 397 g/mol. The Hall–Kier alpha value is -2.85. The first-order chi connectivity index (χ1) is 12.8. The van der Waals surface area contributed by atoms with Crippen LogP contribution in [0.4, 0.5) is 14.5 Å². The van der Waals surface area contributed by atoms with E-state index in [1.54, 1.807) is 35.1 Å². The Bertz CT molecular complexity index is 921. The number of carbonyl (C=O) groups excluding carboxylic acids is 1. The number of nitrogens with zero attached hydrogens (tertiary/aromatic N) is 4. The van der Waals surface area contributed by atoms with Gasteiger partial charge in [-0.05, 0) is 17.2 Å². The van der Waals surface area contributed by atoms with Gasteiger partial charge in [0.05, 0.1) is 18.4 Å². The number of rotatable bonds is 7. The highest BCUT2D eigenvalue weighted by atomic mass is 35.5. The summed E-state index contributed by atoms with van der Waals surface area (Å²) in [6, 6.07) is 6.88. The number of hydrogen-bond acceptors (Lipinski definition) is 6. The maximum atomic E-state index is 12.9. The van der Waals surface area contributed by atoms with Crippen molar-refractivity contribution in [1.82, 2.24) is 19.9 Å². The summed E-state index contributed by atoms with van der Waals surface area (Å²) in [5.74, 6) is -1.22. The molecule has 3 rings (SSSR count). The number of nitrogens with one attached hydrogen (secondary N) is 1. The van der Waals surface area contributed by atoms with Gasteiger partial charge in [-0.1, -0.05) is 29.4 Å². The number of anilines is 1. The topological polar surface area (TPSA) is 95.1 Å². The minimum absolute atomic E-state index is 0.0131. The van der Waals surface area contributed by atoms with Crippen molar-refractivity contribution in [3.05, 3.63) is 48.1 Å². The average molecular weight is 398 g/mol. The smallest absolute Gasteiger partial charge is 0.375 e. The highest BCUT2D eigenvalue weighted by Crippen LogP contribution is 2.32. The van der Waals surface area contributed by atoms with E-state index in [0.29, 0.717) is 17.8 Å². The fraction of sp³-hybridized carbons (Fsp3) is 0.250. The molecule has 2 aromatic heterocycles. The molecule has 0 atom stereocenters. The van der Waals surface area contributed by atoms with Crippen molar-refractivity contribution in [2.24, 2.45) is 0 Å². The molecule has 0 fully saturated rings. The summed E-state index contributed by atoms with van der Waals surface area (Å²) in [6.07, 6.45) is 3.20. The fourth-order valence-corrected chi connectivity index (χ4v) is 2.32. The summed E-state index contributed by atoms with van der Waals surface area (Å²) in [5.41, 5.74) is 1.95. The summed E-state index contributed by atoms with van der Waals surface area (Å²) >= 11 is 4.85. The molecule has 8 nitrogen and oxygen atoms in total. The predicted octanol–water partition coefficient (Wildman–Crippen LogP) is 2.85. The summed E-state index contributed by atoms with van der Waals surface area (Å²) in [7, 11) is 1.43. The zero-order chi connectivity index (χ0) is 19.4. The summed E-state index contributed by atoms with van der Waals surface area (Å²) in [4.78, 5) is 15.1. The van der Waals surface area contributed by atoms with Crippen LogP contribution in [0.25, 0.3) is 11.4 Å². The lowest BCUT2D eigenvalue weighted by Crippen LogP contribution is -2.16. The molecule has 0 aliphatic carbocycles. The van der Waals surface area contributed by atoms with Crippen LogP contribution in [0.5, 0.6) is 0 Å². The highest BCUT2D eigenvalue weighted by molar-refractivity contribution is 6.21. The maximum absolute atomic E-state index is 12.9. The maximum Gasteiger partial charge on any atom is 0.400 e. The van der Waals surface area contributed by atoms with Gasteiger partial charge in [0.25, 0.3) is 0 Å². The number of hydrogen-bond donors (Lipinski definition) is 1. The number of halogens is 3. The molecule has 11 heteroatoms. The highest BCUT2D eigenvalue weighted by Gasteiger charge is 2.35. The standard InChI is InChI=1S/C16H14ClF2N5O3/c1-26-9-13(25)21-12-6-20-24(8-12)7-10-2-4-11(5-3-10)14-22-15(27-23-14)16(17,18)19/h2-6,8H,7,9H2,1H3,(H,21,25). The van der Waals surface area contributed by atoms with E-state index in [9.17, 15) is 13.6 Å². The van der Waals surface area contributed by atoms with E-state index in [-0.39, 0.29) is 18.3 Å². The van der Waals surface area contributed by atoms with Crippen molar-refractivity contribution >= 4 is 23.2 Å². The van der Waals surface area contributed by atoms with Crippen LogP contribution in [0.3, 0.4) is 0 Å². The van der Waals surface area contributed by atoms with Crippen molar-refractivity contribution in [2.75, 3.05) is 19.0 Å². The molecular weight excluding hydrogens is 384 g/mol. The molecule has 0 aliphatic rings. The summed E-state index contributed by atoms with van der Waals surface area (Å²) < 4.78 is 36.7. The van der Waals surface area contributed by atoms with Gasteiger partial charge in [0.15, 0.2) is 0 Å². The van der Waals surface area contributed by atoms with Crippen molar-refractivity contribution in [3.63, 3.8) is 0 Å². The number of alkyl halides is 3. The van der Waals surface area contributed by atoms with Gasteiger partial charge in [0, 0.05) is 18.9 Å². The van der Waals surface area contributed by atoms with Gasteiger partial charge in [-0.2, -0.15) is 18.9 Å². The fourth-order valence-electron chi connectivity index (χ4n) is 2.24. The molecule has 0 unspecified atom stereocenters. The lowest BCUT2D eigenvalue weighted by molar-refractivity contribution is -0.119. The van der Waals surface area contributed by atoms with Gasteiger partial charge in [-0.25, -0.2) is 0 Å². The summed E-state index contributed by atoms with van der Waals surface area (Å²) in [5, 5.41) is 6.59. The van der Waals surface area contributed by atoms with E-state index in [1.165, 1.54) is 13.3 Å². The van der Waals surface area contributed by atoms with Crippen molar-refractivity contribution < 1.29 is 22.8 Å². The van der Waals surface area contributed by atoms with Gasteiger partial charge in [-0.3, -0.25) is 9.48 Å². The van der Waals surface area contributed by atoms with Gasteiger partial charge < -0.3 is 14.6 Å². The minimum atomic E-state index is -3.71. The van der Waals surface area contributed by atoms with E-state index >= 15 is 0 Å². The van der Waals surface area contributed by atoms with Crippen LogP contribution in [0.2, 0.25) is 0 Å². The van der Waals surface area contributed by atoms with Crippen LogP contribution in [-0.2, 0) is 21.5 Å². The molecule has 1 amide bonds. The second-order valence-corrected chi connectivity index (χ2v) is 6.00. The first-order valence-corrected chi connectivity index (χ1v) is 8.04. The van der Waals surface area contributed by atoms with E-state index in [1.807, 2.05) is 0 Å². The molecule has 0 spiro atoms. The lowest BCUT2D eigenvalue weighted by atomic mass is 10.1. The molecule has 0 saturated heterocycles. The Labute approximate surface area is 157 Å². The molecule has 2 heterocycles. The third-order valence-electron chi connectivity index (χ3n) is 3.42. The van der Waals surface area contributed by atoms with Gasteiger partial charge in [-0.15, -0.1) is 0 Å². The first kappa shape index (κ1) is 18.9. The second-order valence-electron chi connectivity index (χ2n) is 5.53. The van der Waals surface area contributed by atoms with Crippen molar-refractivity contribution in [1.29, 1.82) is 0 Å². The van der Waals surface area contributed by atoms with Crippen LogP contribution in [0.15, 0.2) is 41.2 Å².